The standard InChI is InChI=1S/C13H24N2/c1-5-15-12-6-8-13(9-7-12,10-14-4)11(2)3/h11-12,15H,5-10H2,1-3H3. The average molecular weight is 208 g/mol. The fourth-order valence-electron chi connectivity index (χ4n) is 2.76. The van der Waals surface area contributed by atoms with Crippen LogP contribution in [0.3, 0.4) is 0 Å². The van der Waals surface area contributed by atoms with Gasteiger partial charge in [-0.3, -0.25) is 0 Å². The maximum atomic E-state index is 7.10. The van der Waals surface area contributed by atoms with E-state index in [1.807, 2.05) is 0 Å². The molecule has 15 heavy (non-hydrogen) atoms. The lowest BCUT2D eigenvalue weighted by Crippen LogP contribution is -2.41. The van der Waals surface area contributed by atoms with Crippen LogP contribution in [0.2, 0.25) is 0 Å². The third kappa shape index (κ3) is 2.95. The summed E-state index contributed by atoms with van der Waals surface area (Å²) in [5.74, 6) is 0.647. The molecule has 0 atom stereocenters. The lowest BCUT2D eigenvalue weighted by atomic mass is 9.66. The zero-order chi connectivity index (χ0) is 11.3. The summed E-state index contributed by atoms with van der Waals surface area (Å²) in [6.07, 6.45) is 4.96. The minimum atomic E-state index is 0.313. The summed E-state index contributed by atoms with van der Waals surface area (Å²) >= 11 is 0. The minimum Gasteiger partial charge on any atom is -0.316 e. The molecule has 1 saturated carbocycles. The van der Waals surface area contributed by atoms with E-state index < -0.39 is 0 Å². The number of nitrogens with one attached hydrogen (secondary N) is 1. The Balaban J connectivity index is 2.54. The molecular formula is C13H24N2. The smallest absolute Gasteiger partial charge is 0.220 e. The minimum absolute atomic E-state index is 0.313. The summed E-state index contributed by atoms with van der Waals surface area (Å²) in [5, 5.41) is 3.53. The van der Waals surface area contributed by atoms with Crippen molar-refractivity contribution >= 4 is 0 Å². The van der Waals surface area contributed by atoms with Crippen molar-refractivity contribution in [2.75, 3.05) is 13.1 Å². The molecular weight excluding hydrogens is 184 g/mol. The summed E-state index contributed by atoms with van der Waals surface area (Å²) < 4.78 is 0. The maximum Gasteiger partial charge on any atom is 0.220 e. The first-order valence-electron chi connectivity index (χ1n) is 6.21. The van der Waals surface area contributed by atoms with Crippen LogP contribution >= 0.6 is 0 Å². The molecule has 86 valence electrons. The van der Waals surface area contributed by atoms with Gasteiger partial charge in [0.1, 0.15) is 0 Å². The van der Waals surface area contributed by atoms with Gasteiger partial charge in [-0.15, -0.1) is 0 Å². The van der Waals surface area contributed by atoms with Crippen LogP contribution in [0, 0.1) is 17.9 Å². The molecule has 1 fully saturated rings. The number of rotatable bonds is 4. The van der Waals surface area contributed by atoms with Crippen molar-refractivity contribution in [3.05, 3.63) is 11.4 Å². The quantitative estimate of drug-likeness (QED) is 0.702. The molecule has 1 N–H and O–H groups in total. The molecule has 0 aromatic heterocycles. The first kappa shape index (κ1) is 12.5. The Morgan fingerprint density at radius 3 is 2.40 bits per heavy atom. The predicted octanol–water partition coefficient (Wildman–Crippen LogP) is 3.10. The second-order valence-electron chi connectivity index (χ2n) is 5.17. The van der Waals surface area contributed by atoms with E-state index in [9.17, 15) is 0 Å². The van der Waals surface area contributed by atoms with Crippen molar-refractivity contribution in [1.29, 1.82) is 0 Å². The Labute approximate surface area is 94.3 Å². The van der Waals surface area contributed by atoms with Crippen LogP contribution in [0.5, 0.6) is 0 Å². The second-order valence-corrected chi connectivity index (χ2v) is 5.17. The van der Waals surface area contributed by atoms with Gasteiger partial charge in [-0.25, -0.2) is 6.57 Å². The van der Waals surface area contributed by atoms with Crippen LogP contribution in [-0.4, -0.2) is 19.1 Å². The molecule has 1 rings (SSSR count). The van der Waals surface area contributed by atoms with Gasteiger partial charge in [0.2, 0.25) is 6.54 Å². The Morgan fingerprint density at radius 2 is 2.00 bits per heavy atom. The number of hydrogen-bond donors (Lipinski definition) is 1. The Hall–Kier alpha value is -0.550. The molecule has 0 saturated heterocycles. The van der Waals surface area contributed by atoms with Crippen molar-refractivity contribution in [2.45, 2.75) is 52.5 Å². The van der Waals surface area contributed by atoms with Gasteiger partial charge in [0.05, 0.1) is 0 Å². The zero-order valence-corrected chi connectivity index (χ0v) is 10.3. The van der Waals surface area contributed by atoms with Crippen LogP contribution in [0.25, 0.3) is 4.85 Å². The van der Waals surface area contributed by atoms with Gasteiger partial charge in [0, 0.05) is 11.5 Å². The average Bonchev–Trinajstić information content (AvgIpc) is 2.21. The molecule has 2 heteroatoms. The summed E-state index contributed by atoms with van der Waals surface area (Å²) in [6.45, 7) is 15.6. The van der Waals surface area contributed by atoms with E-state index in [1.54, 1.807) is 0 Å². The normalized spacial score (nSPS) is 31.5. The van der Waals surface area contributed by atoms with E-state index in [0.29, 0.717) is 17.4 Å². The van der Waals surface area contributed by atoms with Gasteiger partial charge in [-0.1, -0.05) is 20.8 Å². The van der Waals surface area contributed by atoms with Gasteiger partial charge in [0.15, 0.2) is 0 Å². The number of hydrogen-bond acceptors (Lipinski definition) is 1. The monoisotopic (exact) mass is 208 g/mol. The van der Waals surface area contributed by atoms with Gasteiger partial charge >= 0.3 is 0 Å². The lowest BCUT2D eigenvalue weighted by molar-refractivity contribution is 0.120. The molecule has 0 spiro atoms. The predicted molar refractivity (Wildman–Crippen MR) is 64.7 cm³/mol. The largest absolute Gasteiger partial charge is 0.316 e. The van der Waals surface area contributed by atoms with E-state index in [0.717, 1.165) is 13.1 Å². The van der Waals surface area contributed by atoms with Crippen LogP contribution in [0.1, 0.15) is 46.5 Å². The molecule has 2 nitrogen and oxygen atoms in total. The second kappa shape index (κ2) is 5.51. The van der Waals surface area contributed by atoms with Crippen molar-refractivity contribution in [3.63, 3.8) is 0 Å². The molecule has 0 aromatic rings. The van der Waals surface area contributed by atoms with Crippen molar-refractivity contribution in [1.82, 2.24) is 5.32 Å². The molecule has 0 amide bonds. The number of nitrogens with zero attached hydrogens (tertiary/aromatic N) is 1. The summed E-state index contributed by atoms with van der Waals surface area (Å²) in [7, 11) is 0. The first-order valence-corrected chi connectivity index (χ1v) is 6.21. The SMILES string of the molecule is [C-]#[N+]CC1(C(C)C)CCC(NCC)CC1. The molecule has 0 aliphatic heterocycles. The molecule has 0 unspecified atom stereocenters. The van der Waals surface area contributed by atoms with Gasteiger partial charge in [-0.2, -0.15) is 0 Å². The lowest BCUT2D eigenvalue weighted by Gasteiger charge is -2.39. The highest BCUT2D eigenvalue weighted by molar-refractivity contribution is 4.94. The third-order valence-electron chi connectivity index (χ3n) is 4.09. The zero-order valence-electron chi connectivity index (χ0n) is 10.3. The molecule has 0 aromatic carbocycles. The van der Waals surface area contributed by atoms with Crippen LogP contribution in [0.15, 0.2) is 0 Å². The van der Waals surface area contributed by atoms with E-state index in [4.69, 9.17) is 6.57 Å². The van der Waals surface area contributed by atoms with Gasteiger partial charge < -0.3 is 10.2 Å². The maximum absolute atomic E-state index is 7.10. The third-order valence-corrected chi connectivity index (χ3v) is 4.09. The summed E-state index contributed by atoms with van der Waals surface area (Å²) in [5.41, 5.74) is 0.313. The Kier molecular flexibility index (Phi) is 4.60. The topological polar surface area (TPSA) is 16.4 Å². The fraction of sp³-hybridized carbons (Fsp3) is 0.923. The highest BCUT2D eigenvalue weighted by Gasteiger charge is 2.40. The van der Waals surface area contributed by atoms with E-state index in [2.05, 4.69) is 30.9 Å². The van der Waals surface area contributed by atoms with Gasteiger partial charge in [0.25, 0.3) is 0 Å². The van der Waals surface area contributed by atoms with Crippen LogP contribution in [0.4, 0.5) is 0 Å². The van der Waals surface area contributed by atoms with E-state index in [1.165, 1.54) is 25.7 Å². The fourth-order valence-corrected chi connectivity index (χ4v) is 2.76. The van der Waals surface area contributed by atoms with Crippen LogP contribution < -0.4 is 5.32 Å². The molecule has 0 radical (unpaired) electrons. The van der Waals surface area contributed by atoms with E-state index in [-0.39, 0.29) is 0 Å². The van der Waals surface area contributed by atoms with E-state index >= 15 is 0 Å². The Morgan fingerprint density at radius 1 is 1.40 bits per heavy atom. The molecule has 0 heterocycles. The first-order chi connectivity index (χ1) is 7.14. The van der Waals surface area contributed by atoms with Gasteiger partial charge in [-0.05, 0) is 38.1 Å². The Bertz CT molecular complexity index is 219. The van der Waals surface area contributed by atoms with Crippen LogP contribution in [-0.2, 0) is 0 Å². The molecule has 1 aliphatic rings. The molecule has 1 aliphatic carbocycles. The summed E-state index contributed by atoms with van der Waals surface area (Å²) in [4.78, 5) is 3.65. The molecule has 0 bridgehead atoms. The highest BCUT2D eigenvalue weighted by Crippen LogP contribution is 2.42. The van der Waals surface area contributed by atoms with Crippen molar-refractivity contribution in [3.8, 4) is 0 Å². The summed E-state index contributed by atoms with van der Waals surface area (Å²) in [6, 6.07) is 0.701. The highest BCUT2D eigenvalue weighted by atomic mass is 14.9. The van der Waals surface area contributed by atoms with Crippen molar-refractivity contribution < 1.29 is 0 Å². The van der Waals surface area contributed by atoms with Crippen molar-refractivity contribution in [2.24, 2.45) is 11.3 Å².